The first-order valence-corrected chi connectivity index (χ1v) is 8.77. The molecule has 0 saturated carbocycles. The van der Waals surface area contributed by atoms with Crippen LogP contribution < -0.4 is 5.73 Å². The van der Waals surface area contributed by atoms with Crippen molar-refractivity contribution in [2.45, 2.75) is 31.6 Å². The van der Waals surface area contributed by atoms with Gasteiger partial charge in [-0.2, -0.15) is 0 Å². The number of nitrogens with two attached hydrogens (primary N) is 1. The van der Waals surface area contributed by atoms with E-state index < -0.39 is 9.84 Å². The number of benzene rings is 2. The van der Waals surface area contributed by atoms with E-state index in [1.54, 1.807) is 6.07 Å². The maximum absolute atomic E-state index is 11.9. The molecule has 21 heavy (non-hydrogen) atoms. The molecule has 0 bridgehead atoms. The molecular formula is C17H21NO2S. The lowest BCUT2D eigenvalue weighted by molar-refractivity contribution is 0.602. The Morgan fingerprint density at radius 1 is 1.00 bits per heavy atom. The first-order chi connectivity index (χ1) is 9.73. The smallest absolute Gasteiger partial charge is 0.177 e. The van der Waals surface area contributed by atoms with Crippen molar-refractivity contribution in [3.63, 3.8) is 0 Å². The van der Waals surface area contributed by atoms with Crippen LogP contribution in [0.2, 0.25) is 0 Å². The van der Waals surface area contributed by atoms with E-state index in [-0.39, 0.29) is 10.8 Å². The molecule has 2 rings (SSSR count). The van der Waals surface area contributed by atoms with Crippen LogP contribution >= 0.6 is 0 Å². The molecule has 3 nitrogen and oxygen atoms in total. The minimum Gasteiger partial charge on any atom is -0.397 e. The Bertz CT molecular complexity index is 779. The molecule has 2 aromatic rings. The van der Waals surface area contributed by atoms with Gasteiger partial charge in [0.05, 0.1) is 10.6 Å². The van der Waals surface area contributed by atoms with Crippen molar-refractivity contribution in [2.75, 3.05) is 12.0 Å². The molecule has 0 unspecified atom stereocenters. The van der Waals surface area contributed by atoms with E-state index in [4.69, 9.17) is 5.73 Å². The Balaban J connectivity index is 2.67. The van der Waals surface area contributed by atoms with E-state index in [1.165, 1.54) is 11.8 Å². The largest absolute Gasteiger partial charge is 0.397 e. The molecule has 0 aliphatic heterocycles. The van der Waals surface area contributed by atoms with Gasteiger partial charge in [-0.25, -0.2) is 8.42 Å². The van der Waals surface area contributed by atoms with Gasteiger partial charge in [-0.1, -0.05) is 37.3 Å². The van der Waals surface area contributed by atoms with Gasteiger partial charge in [0.25, 0.3) is 0 Å². The molecule has 2 aromatic carbocycles. The number of hydrogen-bond donors (Lipinski definition) is 1. The van der Waals surface area contributed by atoms with Gasteiger partial charge in [0.15, 0.2) is 9.84 Å². The van der Waals surface area contributed by atoms with Gasteiger partial charge in [0, 0.05) is 12.2 Å². The second-order valence-electron chi connectivity index (χ2n) is 5.56. The van der Waals surface area contributed by atoms with Gasteiger partial charge in [-0.15, -0.1) is 0 Å². The van der Waals surface area contributed by atoms with E-state index in [1.807, 2.05) is 25.1 Å². The van der Waals surface area contributed by atoms with Crippen LogP contribution in [0.1, 0.15) is 35.1 Å². The van der Waals surface area contributed by atoms with Crippen LogP contribution in [-0.4, -0.2) is 14.7 Å². The number of aryl methyl sites for hydroxylation is 2. The van der Waals surface area contributed by atoms with Gasteiger partial charge in [-0.05, 0) is 42.2 Å². The minimum atomic E-state index is -3.32. The first kappa shape index (κ1) is 15.6. The first-order valence-electron chi connectivity index (χ1n) is 6.88. The predicted octanol–water partition coefficient (Wildman–Crippen LogP) is 3.44. The summed E-state index contributed by atoms with van der Waals surface area (Å²) < 4.78 is 23.7. The molecule has 0 heterocycles. The quantitative estimate of drug-likeness (QED) is 0.884. The van der Waals surface area contributed by atoms with E-state index in [9.17, 15) is 8.42 Å². The summed E-state index contributed by atoms with van der Waals surface area (Å²) in [6, 6.07) is 11.5. The summed E-state index contributed by atoms with van der Waals surface area (Å²) in [5.74, 6) is 0.0490. The van der Waals surface area contributed by atoms with Gasteiger partial charge < -0.3 is 5.73 Å². The molecule has 0 aliphatic rings. The van der Waals surface area contributed by atoms with Crippen LogP contribution in [0, 0.1) is 13.8 Å². The third kappa shape index (κ3) is 2.95. The molecule has 0 saturated heterocycles. The molecular weight excluding hydrogens is 282 g/mol. The van der Waals surface area contributed by atoms with E-state index in [0.717, 1.165) is 16.7 Å². The van der Waals surface area contributed by atoms with Gasteiger partial charge in [-0.3, -0.25) is 0 Å². The van der Waals surface area contributed by atoms with Crippen molar-refractivity contribution in [3.05, 3.63) is 58.7 Å². The number of nitrogen functional groups attached to an aromatic ring is 1. The summed E-state index contributed by atoms with van der Waals surface area (Å²) >= 11 is 0. The van der Waals surface area contributed by atoms with Crippen LogP contribution in [0.5, 0.6) is 0 Å². The summed E-state index contributed by atoms with van der Waals surface area (Å²) in [4.78, 5) is 0.212. The van der Waals surface area contributed by atoms with Crippen LogP contribution in [0.25, 0.3) is 0 Å². The Labute approximate surface area is 126 Å². The average molecular weight is 303 g/mol. The zero-order valence-corrected chi connectivity index (χ0v) is 13.7. The monoisotopic (exact) mass is 303 g/mol. The zero-order chi connectivity index (χ0) is 15.8. The summed E-state index contributed by atoms with van der Waals surface area (Å²) in [7, 11) is -3.32. The number of sulfone groups is 1. The standard InChI is InChI=1S/C17H21NO2S/c1-11-7-5-6-8-14(11)13(3)16-12(2)9-10-15(17(16)18)21(4,19)20/h5-10,13H,18H2,1-4H3/t13-/m1/s1. The highest BCUT2D eigenvalue weighted by Gasteiger charge is 2.21. The van der Waals surface area contributed by atoms with E-state index >= 15 is 0 Å². The summed E-state index contributed by atoms with van der Waals surface area (Å²) in [6.07, 6.45) is 1.19. The molecule has 0 aromatic heterocycles. The van der Waals surface area contributed by atoms with E-state index in [2.05, 4.69) is 26.0 Å². The van der Waals surface area contributed by atoms with Gasteiger partial charge in [0.1, 0.15) is 0 Å². The van der Waals surface area contributed by atoms with Crippen molar-refractivity contribution in [3.8, 4) is 0 Å². The van der Waals surface area contributed by atoms with Crippen molar-refractivity contribution < 1.29 is 8.42 Å². The fourth-order valence-electron chi connectivity index (χ4n) is 2.85. The molecule has 1 atom stereocenters. The Morgan fingerprint density at radius 3 is 2.19 bits per heavy atom. The molecule has 112 valence electrons. The highest BCUT2D eigenvalue weighted by Crippen LogP contribution is 2.36. The Hall–Kier alpha value is -1.81. The van der Waals surface area contributed by atoms with Crippen molar-refractivity contribution >= 4 is 15.5 Å². The lowest BCUT2D eigenvalue weighted by Crippen LogP contribution is -2.10. The Morgan fingerprint density at radius 2 is 1.62 bits per heavy atom. The van der Waals surface area contributed by atoms with Crippen LogP contribution in [0.15, 0.2) is 41.3 Å². The number of rotatable bonds is 3. The van der Waals surface area contributed by atoms with Crippen LogP contribution in [-0.2, 0) is 9.84 Å². The highest BCUT2D eigenvalue weighted by molar-refractivity contribution is 7.90. The zero-order valence-electron chi connectivity index (χ0n) is 12.8. The van der Waals surface area contributed by atoms with Crippen LogP contribution in [0.4, 0.5) is 5.69 Å². The van der Waals surface area contributed by atoms with Crippen LogP contribution in [0.3, 0.4) is 0 Å². The topological polar surface area (TPSA) is 60.2 Å². The molecule has 0 fully saturated rings. The molecule has 4 heteroatoms. The second kappa shape index (κ2) is 5.53. The maximum Gasteiger partial charge on any atom is 0.177 e. The SMILES string of the molecule is Cc1ccccc1[C@@H](C)c1c(C)ccc(S(C)(=O)=O)c1N. The fraction of sp³-hybridized carbons (Fsp3) is 0.294. The lowest BCUT2D eigenvalue weighted by atomic mass is 9.86. The fourth-order valence-corrected chi connectivity index (χ4v) is 3.68. The Kier molecular flexibility index (Phi) is 4.10. The third-order valence-electron chi connectivity index (χ3n) is 3.95. The number of hydrogen-bond acceptors (Lipinski definition) is 3. The van der Waals surface area contributed by atoms with E-state index in [0.29, 0.717) is 5.69 Å². The lowest BCUT2D eigenvalue weighted by Gasteiger charge is -2.21. The molecule has 0 spiro atoms. The predicted molar refractivity (Wildman–Crippen MR) is 87.4 cm³/mol. The highest BCUT2D eigenvalue weighted by atomic mass is 32.2. The summed E-state index contributed by atoms with van der Waals surface area (Å²) in [5, 5.41) is 0. The second-order valence-corrected chi connectivity index (χ2v) is 7.54. The van der Waals surface area contributed by atoms with Gasteiger partial charge in [0.2, 0.25) is 0 Å². The van der Waals surface area contributed by atoms with Crippen molar-refractivity contribution in [2.24, 2.45) is 0 Å². The summed E-state index contributed by atoms with van der Waals surface area (Å²) in [6.45, 7) is 6.08. The van der Waals surface area contributed by atoms with Crippen molar-refractivity contribution in [1.29, 1.82) is 0 Å². The average Bonchev–Trinajstić information content (AvgIpc) is 2.37. The normalized spacial score (nSPS) is 13.1. The minimum absolute atomic E-state index is 0.0490. The molecule has 2 N–H and O–H groups in total. The molecule has 0 aliphatic carbocycles. The van der Waals surface area contributed by atoms with Crippen molar-refractivity contribution in [1.82, 2.24) is 0 Å². The van der Waals surface area contributed by atoms with Gasteiger partial charge >= 0.3 is 0 Å². The third-order valence-corrected chi connectivity index (χ3v) is 5.11. The molecule has 0 amide bonds. The maximum atomic E-state index is 11.9. The number of anilines is 1. The summed E-state index contributed by atoms with van der Waals surface area (Å²) in [5.41, 5.74) is 10.8. The molecule has 0 radical (unpaired) electrons.